The first-order valence-electron chi connectivity index (χ1n) is 7.77. The highest BCUT2D eigenvalue weighted by Crippen LogP contribution is 2.25. The molecule has 0 N–H and O–H groups in total. The second kappa shape index (κ2) is 8.67. The van der Waals surface area contributed by atoms with E-state index in [0.29, 0.717) is 6.42 Å². The molecule has 126 valence electrons. The zero-order chi connectivity index (χ0) is 16.8. The molecule has 0 spiro atoms. The lowest BCUT2D eigenvalue weighted by Crippen LogP contribution is -2.34. The largest absolute Gasteiger partial charge is 0.420 e. The summed E-state index contributed by atoms with van der Waals surface area (Å²) in [6, 6.07) is 3.90. The first kappa shape index (κ1) is 19.2. The van der Waals surface area contributed by atoms with Crippen molar-refractivity contribution >= 4 is 8.32 Å². The molecule has 1 nitrogen and oxygen atoms in total. The summed E-state index contributed by atoms with van der Waals surface area (Å²) >= 11 is 0. The van der Waals surface area contributed by atoms with Crippen LogP contribution >= 0.6 is 0 Å². The van der Waals surface area contributed by atoms with Crippen molar-refractivity contribution in [3.63, 3.8) is 0 Å². The van der Waals surface area contributed by atoms with E-state index in [9.17, 15) is 17.6 Å². The molecule has 0 aliphatic rings. The molecule has 0 bridgehead atoms. The molecule has 0 heterocycles. The molecular formula is C16H24F4OSi. The quantitative estimate of drug-likeness (QED) is 0.188. The minimum Gasteiger partial charge on any atom is -0.420 e. The van der Waals surface area contributed by atoms with Crippen LogP contribution in [0.1, 0.15) is 38.7 Å². The maximum Gasteiger partial charge on any atom is 0.197 e. The Morgan fingerprint density at radius 3 is 2.09 bits per heavy atom. The molecule has 0 saturated heterocycles. The third-order valence-corrected chi connectivity index (χ3v) is 9.19. The maximum atomic E-state index is 13.5. The summed E-state index contributed by atoms with van der Waals surface area (Å²) in [6.45, 7) is 4.28. The van der Waals surface area contributed by atoms with Gasteiger partial charge in [-0.15, -0.1) is 0 Å². The van der Waals surface area contributed by atoms with E-state index >= 15 is 0 Å². The van der Waals surface area contributed by atoms with Crippen LogP contribution in [-0.2, 0) is 10.8 Å². The number of halogens is 4. The highest BCUT2D eigenvalue weighted by molar-refractivity contribution is 6.73. The van der Waals surface area contributed by atoms with Gasteiger partial charge in [0.05, 0.1) is 0 Å². The lowest BCUT2D eigenvalue weighted by Gasteiger charge is -2.27. The summed E-state index contributed by atoms with van der Waals surface area (Å²) < 4.78 is 58.3. The van der Waals surface area contributed by atoms with Gasteiger partial charge < -0.3 is 4.43 Å². The van der Waals surface area contributed by atoms with Crippen LogP contribution in [0, 0.1) is 23.3 Å². The number of unbranched alkanes of at least 4 members (excludes halogenated alkanes) is 2. The van der Waals surface area contributed by atoms with Gasteiger partial charge in [0, 0.05) is 7.11 Å². The minimum absolute atomic E-state index is 0.0994. The van der Waals surface area contributed by atoms with Crippen molar-refractivity contribution in [2.24, 2.45) is 0 Å². The average molecular weight is 336 g/mol. The molecule has 0 aliphatic heterocycles. The number of benzene rings is 1. The fraction of sp³-hybridized carbons (Fsp3) is 0.625. The summed E-state index contributed by atoms with van der Waals surface area (Å²) in [5, 5.41) is 0. The van der Waals surface area contributed by atoms with Crippen LogP contribution in [0.4, 0.5) is 17.6 Å². The third kappa shape index (κ3) is 4.55. The first-order chi connectivity index (χ1) is 10.4. The van der Waals surface area contributed by atoms with Gasteiger partial charge in [0.15, 0.2) is 31.6 Å². The average Bonchev–Trinajstić information content (AvgIpc) is 2.54. The predicted octanol–water partition coefficient (Wildman–Crippen LogP) is 5.59. The van der Waals surface area contributed by atoms with Crippen molar-refractivity contribution in [2.45, 2.75) is 57.7 Å². The van der Waals surface area contributed by atoms with Crippen molar-refractivity contribution < 1.29 is 22.0 Å². The van der Waals surface area contributed by atoms with Crippen LogP contribution in [0.2, 0.25) is 18.1 Å². The lowest BCUT2D eigenvalue weighted by molar-refractivity contribution is 0.388. The van der Waals surface area contributed by atoms with Gasteiger partial charge in [-0.1, -0.05) is 26.7 Å². The predicted molar refractivity (Wildman–Crippen MR) is 82.4 cm³/mol. The van der Waals surface area contributed by atoms with Gasteiger partial charge in [-0.25, -0.2) is 17.6 Å². The van der Waals surface area contributed by atoms with Crippen molar-refractivity contribution in [1.82, 2.24) is 0 Å². The van der Waals surface area contributed by atoms with Crippen molar-refractivity contribution in [2.75, 3.05) is 7.11 Å². The van der Waals surface area contributed by atoms with Gasteiger partial charge >= 0.3 is 0 Å². The van der Waals surface area contributed by atoms with E-state index in [1.807, 2.05) is 0 Å². The third-order valence-electron chi connectivity index (χ3n) is 4.48. The van der Waals surface area contributed by atoms with E-state index < -0.39 is 31.6 Å². The van der Waals surface area contributed by atoms with Gasteiger partial charge in [-0.05, 0) is 42.6 Å². The SMILES string of the molecule is CC[Si](CC)(CCCCCc1cc(F)c(F)c(F)c1F)OC. The van der Waals surface area contributed by atoms with Gasteiger partial charge in [-0.3, -0.25) is 0 Å². The molecule has 1 rings (SSSR count). The van der Waals surface area contributed by atoms with E-state index in [2.05, 4.69) is 13.8 Å². The molecule has 0 amide bonds. The zero-order valence-corrected chi connectivity index (χ0v) is 14.4. The van der Waals surface area contributed by atoms with Gasteiger partial charge in [0.2, 0.25) is 0 Å². The van der Waals surface area contributed by atoms with Crippen LogP contribution in [0.3, 0.4) is 0 Å². The van der Waals surface area contributed by atoms with E-state index in [0.717, 1.165) is 37.0 Å². The molecule has 0 atom stereocenters. The van der Waals surface area contributed by atoms with Crippen LogP contribution in [0.15, 0.2) is 6.07 Å². The molecule has 22 heavy (non-hydrogen) atoms. The number of hydrogen-bond acceptors (Lipinski definition) is 1. The monoisotopic (exact) mass is 336 g/mol. The Labute approximate surface area is 130 Å². The zero-order valence-electron chi connectivity index (χ0n) is 13.4. The van der Waals surface area contributed by atoms with E-state index in [-0.39, 0.29) is 12.0 Å². The summed E-state index contributed by atoms with van der Waals surface area (Å²) in [4.78, 5) is 0. The van der Waals surface area contributed by atoms with E-state index in [1.54, 1.807) is 7.11 Å². The smallest absolute Gasteiger partial charge is 0.197 e. The molecule has 0 unspecified atom stereocenters. The Hall–Kier alpha value is -0.883. The number of hydrogen-bond donors (Lipinski definition) is 0. The molecule has 0 radical (unpaired) electrons. The Bertz CT molecular complexity index is 481. The summed E-state index contributed by atoms with van der Waals surface area (Å²) in [7, 11) is 0.136. The molecular weight excluding hydrogens is 312 g/mol. The summed E-state index contributed by atoms with van der Waals surface area (Å²) in [5.41, 5.74) is -0.0994. The Morgan fingerprint density at radius 1 is 0.909 bits per heavy atom. The van der Waals surface area contributed by atoms with Crippen LogP contribution in [0.5, 0.6) is 0 Å². The molecule has 6 heteroatoms. The first-order valence-corrected chi connectivity index (χ1v) is 10.3. The second-order valence-electron chi connectivity index (χ2n) is 5.61. The normalized spacial score (nSPS) is 12.0. The fourth-order valence-corrected chi connectivity index (χ4v) is 5.62. The lowest BCUT2D eigenvalue weighted by atomic mass is 10.1. The van der Waals surface area contributed by atoms with Crippen LogP contribution in [0.25, 0.3) is 0 Å². The molecule has 0 aromatic heterocycles. The topological polar surface area (TPSA) is 9.23 Å². The van der Waals surface area contributed by atoms with E-state index in [4.69, 9.17) is 4.43 Å². The number of aryl methyl sites for hydroxylation is 1. The molecule has 0 saturated carbocycles. The van der Waals surface area contributed by atoms with Crippen molar-refractivity contribution in [1.29, 1.82) is 0 Å². The van der Waals surface area contributed by atoms with Gasteiger partial charge in [0.1, 0.15) is 0 Å². The Morgan fingerprint density at radius 2 is 1.55 bits per heavy atom. The van der Waals surface area contributed by atoms with E-state index in [1.165, 1.54) is 0 Å². The summed E-state index contributed by atoms with van der Waals surface area (Å²) in [5.74, 6) is -6.08. The van der Waals surface area contributed by atoms with Crippen molar-refractivity contribution in [3.05, 3.63) is 34.9 Å². The molecule has 0 aliphatic carbocycles. The highest BCUT2D eigenvalue weighted by Gasteiger charge is 2.28. The Balaban J connectivity index is 2.49. The molecule has 0 fully saturated rings. The second-order valence-corrected chi connectivity index (χ2v) is 10.3. The number of rotatable bonds is 9. The standard InChI is InChI=1S/C16H24F4OSi/c1-4-22(5-2,21-3)10-8-6-7-9-12-11-13(17)15(19)16(20)14(12)18/h11H,4-10H2,1-3H3. The molecule has 1 aromatic carbocycles. The molecule has 1 aromatic rings. The maximum absolute atomic E-state index is 13.5. The minimum atomic E-state index is -1.75. The van der Waals surface area contributed by atoms with Gasteiger partial charge in [-0.2, -0.15) is 0 Å². The van der Waals surface area contributed by atoms with Gasteiger partial charge in [0.25, 0.3) is 0 Å². The highest BCUT2D eigenvalue weighted by atomic mass is 28.4. The summed E-state index contributed by atoms with van der Waals surface area (Å²) in [6.07, 6.45) is 2.61. The van der Waals surface area contributed by atoms with Crippen LogP contribution < -0.4 is 0 Å². The fourth-order valence-electron chi connectivity index (χ4n) is 2.74. The van der Waals surface area contributed by atoms with Crippen LogP contribution in [-0.4, -0.2) is 15.4 Å². The Kier molecular flexibility index (Phi) is 7.55. The van der Waals surface area contributed by atoms with Crippen molar-refractivity contribution in [3.8, 4) is 0 Å².